The summed E-state index contributed by atoms with van der Waals surface area (Å²) in [6.07, 6.45) is 1.70. The van der Waals surface area contributed by atoms with Crippen molar-refractivity contribution in [1.82, 2.24) is 5.32 Å². The van der Waals surface area contributed by atoms with Gasteiger partial charge in [-0.05, 0) is 25.8 Å². The number of hydrogen-bond acceptors (Lipinski definition) is 5. The van der Waals surface area contributed by atoms with E-state index in [1.165, 1.54) is 6.92 Å². The highest BCUT2D eigenvalue weighted by atomic mass is 16.6. The Morgan fingerprint density at radius 2 is 2.18 bits per heavy atom. The van der Waals surface area contributed by atoms with Crippen molar-refractivity contribution in [2.45, 2.75) is 38.6 Å². The van der Waals surface area contributed by atoms with Gasteiger partial charge >= 0.3 is 17.9 Å². The number of nitrogens with one attached hydrogen (secondary N) is 1. The normalized spacial score (nSPS) is 20.9. The Bertz CT molecular complexity index is 309. The second-order valence-electron chi connectivity index (χ2n) is 4.22. The molecule has 1 rings (SSSR count). The fourth-order valence-electron chi connectivity index (χ4n) is 1.58. The Morgan fingerprint density at radius 1 is 1.47 bits per heavy atom. The minimum atomic E-state index is -0.957. The molecule has 0 amide bonds. The van der Waals surface area contributed by atoms with Gasteiger partial charge in [0.2, 0.25) is 0 Å². The van der Waals surface area contributed by atoms with Crippen molar-refractivity contribution >= 4 is 17.9 Å². The van der Waals surface area contributed by atoms with Crippen molar-refractivity contribution in [3.63, 3.8) is 0 Å². The third-order valence-corrected chi connectivity index (χ3v) is 2.76. The molecule has 6 nitrogen and oxygen atoms in total. The molecule has 0 bridgehead atoms. The van der Waals surface area contributed by atoms with E-state index < -0.39 is 29.9 Å². The average molecular weight is 243 g/mol. The second-order valence-corrected chi connectivity index (χ2v) is 4.22. The Morgan fingerprint density at radius 3 is 2.71 bits per heavy atom. The molecule has 0 aromatic rings. The van der Waals surface area contributed by atoms with Gasteiger partial charge in [-0.25, -0.2) is 4.79 Å². The molecule has 1 heterocycles. The van der Waals surface area contributed by atoms with E-state index in [4.69, 9.17) is 5.11 Å². The molecule has 1 fully saturated rings. The molecule has 2 atom stereocenters. The van der Waals surface area contributed by atoms with Crippen LogP contribution in [0.25, 0.3) is 0 Å². The molecule has 0 aliphatic carbocycles. The van der Waals surface area contributed by atoms with E-state index in [0.717, 1.165) is 13.0 Å². The van der Waals surface area contributed by atoms with Crippen LogP contribution in [0, 0.1) is 5.92 Å². The molecule has 1 unspecified atom stereocenters. The van der Waals surface area contributed by atoms with E-state index in [1.807, 2.05) is 0 Å². The van der Waals surface area contributed by atoms with Gasteiger partial charge in [-0.15, -0.1) is 0 Å². The van der Waals surface area contributed by atoms with E-state index in [2.05, 4.69) is 10.1 Å². The molecule has 1 saturated heterocycles. The summed E-state index contributed by atoms with van der Waals surface area (Å²) in [6, 6.07) is -0.393. The first-order valence-electron chi connectivity index (χ1n) is 5.71. The van der Waals surface area contributed by atoms with E-state index in [1.54, 1.807) is 0 Å². The molecule has 1 aliphatic heterocycles. The molecule has 0 radical (unpaired) electrons. The number of esters is 2. The Kier molecular flexibility index (Phi) is 5.09. The maximum atomic E-state index is 11.4. The summed E-state index contributed by atoms with van der Waals surface area (Å²) in [5.74, 6) is -2.78. The van der Waals surface area contributed by atoms with Gasteiger partial charge in [-0.1, -0.05) is 6.92 Å². The number of carboxylic acid groups (broad SMARTS) is 1. The second kappa shape index (κ2) is 6.34. The van der Waals surface area contributed by atoms with E-state index in [0.29, 0.717) is 6.42 Å². The monoisotopic (exact) mass is 243 g/mol. The lowest BCUT2D eigenvalue weighted by atomic mass is 10.1. The average Bonchev–Trinajstić information content (AvgIpc) is 2.78. The zero-order chi connectivity index (χ0) is 12.8. The van der Waals surface area contributed by atoms with Crippen LogP contribution in [0.3, 0.4) is 0 Å². The zero-order valence-electron chi connectivity index (χ0n) is 9.77. The van der Waals surface area contributed by atoms with E-state index >= 15 is 0 Å². The summed E-state index contributed by atoms with van der Waals surface area (Å²) < 4.78 is 4.63. The molecule has 0 saturated carbocycles. The lowest BCUT2D eigenvalue weighted by Gasteiger charge is -2.09. The van der Waals surface area contributed by atoms with Crippen LogP contribution in [0.15, 0.2) is 0 Å². The van der Waals surface area contributed by atoms with Crippen LogP contribution < -0.4 is 5.32 Å². The summed E-state index contributed by atoms with van der Waals surface area (Å²) in [6.45, 7) is 2.26. The van der Waals surface area contributed by atoms with Gasteiger partial charge in [0.15, 0.2) is 0 Å². The fourth-order valence-corrected chi connectivity index (χ4v) is 1.58. The largest absolute Gasteiger partial charge is 0.481 e. The Balaban J connectivity index is 2.24. The molecular weight excluding hydrogens is 226 g/mol. The molecule has 6 heteroatoms. The zero-order valence-corrected chi connectivity index (χ0v) is 9.77. The van der Waals surface area contributed by atoms with Crippen LogP contribution in [-0.4, -0.2) is 35.6 Å². The number of hydrogen-bond donors (Lipinski definition) is 2. The van der Waals surface area contributed by atoms with Gasteiger partial charge in [-0.2, -0.15) is 0 Å². The fraction of sp³-hybridized carbons (Fsp3) is 0.727. The van der Waals surface area contributed by atoms with Gasteiger partial charge in [0, 0.05) is 6.42 Å². The SMILES string of the molecule is CC(CCC(=O)OC(=O)[C@@H]1CCCN1)C(=O)O. The van der Waals surface area contributed by atoms with Gasteiger partial charge in [0.05, 0.1) is 5.92 Å². The number of carbonyl (C=O) groups is 3. The molecule has 1 aliphatic rings. The highest BCUT2D eigenvalue weighted by Gasteiger charge is 2.25. The standard InChI is InChI=1S/C11H17NO5/c1-7(10(14)15)4-5-9(13)17-11(16)8-3-2-6-12-8/h7-8,12H,2-6H2,1H3,(H,14,15)/t7?,8-/m0/s1. The van der Waals surface area contributed by atoms with Crippen LogP contribution in [0.2, 0.25) is 0 Å². The third-order valence-electron chi connectivity index (χ3n) is 2.76. The van der Waals surface area contributed by atoms with Crippen LogP contribution >= 0.6 is 0 Å². The topological polar surface area (TPSA) is 92.7 Å². The summed E-state index contributed by atoms with van der Waals surface area (Å²) in [7, 11) is 0. The molecule has 0 spiro atoms. The first kappa shape index (κ1) is 13.6. The lowest BCUT2D eigenvalue weighted by molar-refractivity contribution is -0.161. The van der Waals surface area contributed by atoms with Crippen molar-refractivity contribution in [2.75, 3.05) is 6.54 Å². The van der Waals surface area contributed by atoms with Gasteiger partial charge in [-0.3, -0.25) is 9.59 Å². The van der Waals surface area contributed by atoms with E-state index in [-0.39, 0.29) is 12.8 Å². The Hall–Kier alpha value is -1.43. The predicted octanol–water partition coefficient (Wildman–Crippen LogP) is 0.309. The minimum Gasteiger partial charge on any atom is -0.481 e. The highest BCUT2D eigenvalue weighted by Crippen LogP contribution is 2.09. The first-order chi connectivity index (χ1) is 8.00. The number of carboxylic acids is 1. The lowest BCUT2D eigenvalue weighted by Crippen LogP contribution is -2.33. The van der Waals surface area contributed by atoms with Crippen molar-refractivity contribution in [2.24, 2.45) is 5.92 Å². The van der Waals surface area contributed by atoms with Gasteiger partial charge in [0.1, 0.15) is 6.04 Å². The quantitative estimate of drug-likeness (QED) is 0.533. The van der Waals surface area contributed by atoms with Crippen LogP contribution in [0.4, 0.5) is 0 Å². The minimum absolute atomic E-state index is 0.0497. The summed E-state index contributed by atoms with van der Waals surface area (Å²) in [5, 5.41) is 11.5. The van der Waals surface area contributed by atoms with Gasteiger partial charge in [0.25, 0.3) is 0 Å². The van der Waals surface area contributed by atoms with Crippen LogP contribution in [0.1, 0.15) is 32.6 Å². The van der Waals surface area contributed by atoms with Crippen molar-refractivity contribution < 1.29 is 24.2 Å². The number of rotatable bonds is 5. The summed E-state index contributed by atoms with van der Waals surface area (Å²) in [4.78, 5) is 33.2. The number of carbonyl (C=O) groups excluding carboxylic acids is 2. The number of aliphatic carboxylic acids is 1. The van der Waals surface area contributed by atoms with Crippen molar-refractivity contribution in [3.05, 3.63) is 0 Å². The molecular formula is C11H17NO5. The summed E-state index contributed by atoms with van der Waals surface area (Å²) in [5.41, 5.74) is 0. The predicted molar refractivity (Wildman–Crippen MR) is 58.2 cm³/mol. The smallest absolute Gasteiger partial charge is 0.330 e. The molecule has 96 valence electrons. The molecule has 0 aromatic heterocycles. The molecule has 2 N–H and O–H groups in total. The van der Waals surface area contributed by atoms with Crippen LogP contribution in [0.5, 0.6) is 0 Å². The maximum Gasteiger partial charge on any atom is 0.330 e. The van der Waals surface area contributed by atoms with Gasteiger partial charge < -0.3 is 15.2 Å². The molecule has 0 aromatic carbocycles. The summed E-state index contributed by atoms with van der Waals surface area (Å²) >= 11 is 0. The maximum absolute atomic E-state index is 11.4. The first-order valence-corrected chi connectivity index (χ1v) is 5.71. The third kappa shape index (κ3) is 4.52. The van der Waals surface area contributed by atoms with E-state index in [9.17, 15) is 14.4 Å². The number of ether oxygens (including phenoxy) is 1. The van der Waals surface area contributed by atoms with Crippen LogP contribution in [-0.2, 0) is 19.1 Å². The highest BCUT2D eigenvalue weighted by molar-refractivity contribution is 5.88. The molecule has 17 heavy (non-hydrogen) atoms. The van der Waals surface area contributed by atoms with Crippen molar-refractivity contribution in [3.8, 4) is 0 Å². The van der Waals surface area contributed by atoms with Crippen molar-refractivity contribution in [1.29, 1.82) is 0 Å². The Labute approximate surface area is 99.3 Å².